The molecule has 3 aliphatic carbocycles. The van der Waals surface area contributed by atoms with Crippen LogP contribution in [-0.2, 0) is 16.0 Å². The molecule has 0 bridgehead atoms. The highest BCUT2D eigenvalue weighted by Gasteiger charge is 2.56. The Labute approximate surface area is 167 Å². The van der Waals surface area contributed by atoms with E-state index in [0.29, 0.717) is 29.7 Å². The van der Waals surface area contributed by atoms with Gasteiger partial charge in [0.25, 0.3) is 0 Å². The maximum Gasteiger partial charge on any atom is 0.302 e. The number of Topliss-reactive ketones (excluding diaryl/α,β-unsaturated/α-hetero) is 1. The summed E-state index contributed by atoms with van der Waals surface area (Å²) >= 11 is 0. The summed E-state index contributed by atoms with van der Waals surface area (Å²) in [6.45, 7) is 5.82. The Hall–Kier alpha value is -1.84. The molecule has 4 heteroatoms. The van der Waals surface area contributed by atoms with E-state index in [1.165, 1.54) is 18.1 Å². The van der Waals surface area contributed by atoms with Crippen molar-refractivity contribution in [2.45, 2.75) is 84.2 Å². The van der Waals surface area contributed by atoms with Gasteiger partial charge in [0.15, 0.2) is 5.78 Å². The zero-order chi connectivity index (χ0) is 20.1. The molecule has 5 atom stereocenters. The number of carbonyl (C=O) groups is 2. The van der Waals surface area contributed by atoms with E-state index >= 15 is 0 Å². The maximum absolute atomic E-state index is 12.5. The van der Waals surface area contributed by atoms with Crippen LogP contribution >= 0.6 is 0 Å². The van der Waals surface area contributed by atoms with E-state index in [2.05, 4.69) is 6.92 Å². The summed E-state index contributed by atoms with van der Waals surface area (Å²) in [4.78, 5) is 24.1. The van der Waals surface area contributed by atoms with Crippen molar-refractivity contribution in [3.8, 4) is 5.75 Å². The van der Waals surface area contributed by atoms with Gasteiger partial charge >= 0.3 is 5.97 Å². The van der Waals surface area contributed by atoms with Crippen LogP contribution in [0.3, 0.4) is 0 Å². The lowest BCUT2D eigenvalue weighted by atomic mass is 9.55. The smallest absolute Gasteiger partial charge is 0.302 e. The number of phenols is 1. The van der Waals surface area contributed by atoms with Crippen molar-refractivity contribution in [2.75, 3.05) is 0 Å². The summed E-state index contributed by atoms with van der Waals surface area (Å²) in [5.74, 6) is 1.61. The summed E-state index contributed by atoms with van der Waals surface area (Å²) in [6, 6.07) is 3.85. The molecule has 0 radical (unpaired) electrons. The first kappa shape index (κ1) is 19.5. The number of phenolic OH excluding ortho intramolecular Hbond substituents is 1. The Morgan fingerprint density at radius 1 is 1.21 bits per heavy atom. The number of aromatic hydroxyl groups is 1. The Morgan fingerprint density at radius 3 is 2.71 bits per heavy atom. The Balaban J connectivity index is 1.64. The van der Waals surface area contributed by atoms with Crippen molar-refractivity contribution < 1.29 is 19.4 Å². The first-order valence-corrected chi connectivity index (χ1v) is 10.9. The molecular formula is C24H32O4. The largest absolute Gasteiger partial charge is 0.507 e. The standard InChI is InChI=1S/C24H32O4/c1-4-5-21(26)19-13-18-15(12-22(19)27)6-7-17-16(18)10-11-24(3)20(17)8-9-23(24)28-14(2)25/h12-13,16-17,20,23,27H,4-11H2,1-3H3/t16-,17+,20-,23-,24-/m0/s1. The summed E-state index contributed by atoms with van der Waals surface area (Å²) < 4.78 is 5.71. The third kappa shape index (κ3) is 3.05. The van der Waals surface area contributed by atoms with Crippen molar-refractivity contribution in [1.82, 2.24) is 0 Å². The first-order valence-electron chi connectivity index (χ1n) is 10.9. The molecule has 0 heterocycles. The molecule has 2 fully saturated rings. The summed E-state index contributed by atoms with van der Waals surface area (Å²) in [6.07, 6.45) is 7.58. The summed E-state index contributed by atoms with van der Waals surface area (Å²) in [5.41, 5.74) is 3.07. The van der Waals surface area contributed by atoms with Gasteiger partial charge in [-0.25, -0.2) is 0 Å². The van der Waals surface area contributed by atoms with Gasteiger partial charge in [0.2, 0.25) is 0 Å². The topological polar surface area (TPSA) is 63.6 Å². The van der Waals surface area contributed by atoms with Crippen LogP contribution in [0.2, 0.25) is 0 Å². The van der Waals surface area contributed by atoms with Gasteiger partial charge in [-0.3, -0.25) is 9.59 Å². The molecule has 4 rings (SSSR count). The molecule has 0 saturated heterocycles. The Morgan fingerprint density at radius 2 is 2.00 bits per heavy atom. The minimum Gasteiger partial charge on any atom is -0.507 e. The van der Waals surface area contributed by atoms with E-state index in [9.17, 15) is 14.7 Å². The van der Waals surface area contributed by atoms with E-state index in [-0.39, 0.29) is 29.0 Å². The number of esters is 1. The van der Waals surface area contributed by atoms with E-state index < -0.39 is 0 Å². The van der Waals surface area contributed by atoms with Crippen molar-refractivity contribution in [3.63, 3.8) is 0 Å². The highest BCUT2D eigenvalue weighted by atomic mass is 16.5. The van der Waals surface area contributed by atoms with Gasteiger partial charge in [0, 0.05) is 18.8 Å². The van der Waals surface area contributed by atoms with Crippen LogP contribution in [0.4, 0.5) is 0 Å². The van der Waals surface area contributed by atoms with Crippen LogP contribution < -0.4 is 0 Å². The molecule has 152 valence electrons. The number of ether oxygens (including phenoxy) is 1. The van der Waals surface area contributed by atoms with Crippen LogP contribution in [-0.4, -0.2) is 23.0 Å². The van der Waals surface area contributed by atoms with Crippen LogP contribution in [0.1, 0.15) is 93.1 Å². The third-order valence-corrected chi connectivity index (χ3v) is 7.84. The highest BCUT2D eigenvalue weighted by Crippen LogP contribution is 2.61. The Kier molecular flexibility index (Phi) is 5.01. The summed E-state index contributed by atoms with van der Waals surface area (Å²) in [5, 5.41) is 10.4. The molecule has 4 nitrogen and oxygen atoms in total. The second-order valence-electron chi connectivity index (χ2n) is 9.38. The number of fused-ring (bicyclic) bond motifs is 5. The molecule has 0 aliphatic heterocycles. The number of benzene rings is 1. The lowest BCUT2D eigenvalue weighted by Crippen LogP contribution is -2.45. The molecule has 0 unspecified atom stereocenters. The van der Waals surface area contributed by atoms with Gasteiger partial charge in [0.05, 0.1) is 5.56 Å². The van der Waals surface area contributed by atoms with Crippen molar-refractivity contribution in [1.29, 1.82) is 0 Å². The van der Waals surface area contributed by atoms with E-state index in [1.807, 2.05) is 19.1 Å². The van der Waals surface area contributed by atoms with Crippen molar-refractivity contribution in [3.05, 3.63) is 28.8 Å². The number of rotatable bonds is 4. The molecule has 1 N–H and O–H groups in total. The number of aryl methyl sites for hydroxylation is 1. The second-order valence-corrected chi connectivity index (χ2v) is 9.38. The molecule has 0 aromatic heterocycles. The predicted octanol–water partition coefficient (Wildman–Crippen LogP) is 5.16. The van der Waals surface area contributed by atoms with Crippen LogP contribution in [0.5, 0.6) is 5.75 Å². The number of hydrogen-bond donors (Lipinski definition) is 1. The van der Waals surface area contributed by atoms with Gasteiger partial charge in [0.1, 0.15) is 11.9 Å². The molecule has 28 heavy (non-hydrogen) atoms. The molecule has 3 aliphatic rings. The fourth-order valence-electron chi connectivity index (χ4n) is 6.54. The second kappa shape index (κ2) is 7.20. The van der Waals surface area contributed by atoms with Gasteiger partial charge < -0.3 is 9.84 Å². The predicted molar refractivity (Wildman–Crippen MR) is 108 cm³/mol. The number of hydrogen-bond acceptors (Lipinski definition) is 4. The highest BCUT2D eigenvalue weighted by molar-refractivity contribution is 5.98. The molecule has 1 aromatic carbocycles. The van der Waals surface area contributed by atoms with Crippen molar-refractivity contribution in [2.24, 2.45) is 17.3 Å². The fraction of sp³-hybridized carbons (Fsp3) is 0.667. The number of ketones is 1. The van der Waals surface area contributed by atoms with Crippen molar-refractivity contribution >= 4 is 11.8 Å². The van der Waals surface area contributed by atoms with Gasteiger partial charge in [-0.05, 0) is 86.0 Å². The van der Waals surface area contributed by atoms with E-state index in [0.717, 1.165) is 44.9 Å². The molecule has 0 spiro atoms. The van der Waals surface area contributed by atoms with Crippen LogP contribution in [0, 0.1) is 17.3 Å². The average molecular weight is 385 g/mol. The minimum absolute atomic E-state index is 0.0406. The molecule has 2 saturated carbocycles. The van der Waals surface area contributed by atoms with Crippen LogP contribution in [0.25, 0.3) is 0 Å². The Bertz CT molecular complexity index is 798. The van der Waals surface area contributed by atoms with E-state index in [1.54, 1.807) is 0 Å². The lowest BCUT2D eigenvalue weighted by molar-refractivity contribution is -0.154. The van der Waals surface area contributed by atoms with Gasteiger partial charge in [-0.2, -0.15) is 0 Å². The fourth-order valence-corrected chi connectivity index (χ4v) is 6.54. The van der Waals surface area contributed by atoms with Gasteiger partial charge in [-0.1, -0.05) is 13.8 Å². The quantitative estimate of drug-likeness (QED) is 0.575. The SMILES string of the molecule is CCCC(=O)c1cc2c(cc1O)CC[C@@H]1[C@@H]2CC[C@]2(C)[C@@H](OC(C)=O)CC[C@@H]12. The summed E-state index contributed by atoms with van der Waals surface area (Å²) in [7, 11) is 0. The normalized spacial score (nSPS) is 33.5. The molecular weight excluding hydrogens is 352 g/mol. The van der Waals surface area contributed by atoms with Gasteiger partial charge in [-0.15, -0.1) is 0 Å². The monoisotopic (exact) mass is 384 g/mol. The maximum atomic E-state index is 12.5. The van der Waals surface area contributed by atoms with E-state index in [4.69, 9.17) is 4.74 Å². The van der Waals surface area contributed by atoms with Crippen LogP contribution in [0.15, 0.2) is 12.1 Å². The first-order chi connectivity index (χ1) is 13.3. The average Bonchev–Trinajstić information content (AvgIpc) is 2.97. The third-order valence-electron chi connectivity index (χ3n) is 7.84. The zero-order valence-electron chi connectivity index (χ0n) is 17.3. The number of carbonyl (C=O) groups excluding carboxylic acids is 2. The molecule has 0 amide bonds. The minimum atomic E-state index is -0.169. The zero-order valence-corrected chi connectivity index (χ0v) is 17.3. The lowest BCUT2D eigenvalue weighted by Gasteiger charge is -2.50. The molecule has 1 aromatic rings.